The van der Waals surface area contributed by atoms with Crippen molar-refractivity contribution in [1.29, 1.82) is 0 Å². The molecule has 452 valence electrons. The van der Waals surface area contributed by atoms with E-state index in [1.165, 1.54) is 199 Å². The fourth-order valence-electron chi connectivity index (χ4n) is 10.3. The summed E-state index contributed by atoms with van der Waals surface area (Å²) in [5.41, 5.74) is 0. The number of allylic oxidation sites excluding steroid dienone is 5. The predicted octanol–water partition coefficient (Wildman–Crippen LogP) is 15.8. The van der Waals surface area contributed by atoms with E-state index >= 15 is 0 Å². The summed E-state index contributed by atoms with van der Waals surface area (Å²) >= 11 is 0. The Hall–Kier alpha value is -2.12. The number of unbranched alkanes of at least 4 members (excludes halogenated alkanes) is 38. The first kappa shape index (κ1) is 72.9. The summed E-state index contributed by atoms with van der Waals surface area (Å²) in [5, 5.41) is 57.0. The van der Waals surface area contributed by atoms with Gasteiger partial charge < -0.3 is 45.1 Å². The van der Waals surface area contributed by atoms with Gasteiger partial charge in [-0.3, -0.25) is 9.59 Å². The van der Waals surface area contributed by atoms with E-state index in [1.54, 1.807) is 6.08 Å². The van der Waals surface area contributed by atoms with Crippen LogP contribution < -0.4 is 5.32 Å². The van der Waals surface area contributed by atoms with E-state index in [4.69, 9.17) is 14.2 Å². The number of amides is 1. The standard InChI is InChI=1S/C66H123NO10/c1-4-7-10-13-16-19-22-24-26-28-29-30-31-32-34-36-39-42-45-48-51-54-61(71)77-64-63(73)62(72)60(55-68)76-66(64)75-56-57(58(69)52-49-46-43-40-37-21-18-15-12-9-6-3)67-65(74)59(70)53-50-47-44-41-38-35-33-27-25-23-20-17-14-11-8-5-2/h16,19,24,26,49,52,57-60,62-64,66,68-70,72-73H,4-15,17-18,20-23,25,27-48,50-51,53-56H2,1-3H3,(H,67,74)/b19-16-,26-24-,52-49+. The summed E-state index contributed by atoms with van der Waals surface area (Å²) in [6.45, 7) is 5.79. The van der Waals surface area contributed by atoms with Crippen LogP contribution in [0.2, 0.25) is 0 Å². The highest BCUT2D eigenvalue weighted by Crippen LogP contribution is 2.26. The van der Waals surface area contributed by atoms with Crippen molar-refractivity contribution >= 4 is 11.9 Å². The first-order valence-electron chi connectivity index (χ1n) is 32.8. The lowest BCUT2D eigenvalue weighted by atomic mass is 9.99. The van der Waals surface area contributed by atoms with E-state index in [2.05, 4.69) is 50.4 Å². The van der Waals surface area contributed by atoms with Gasteiger partial charge in [0.05, 0.1) is 25.4 Å². The van der Waals surface area contributed by atoms with Crippen molar-refractivity contribution in [2.75, 3.05) is 13.2 Å². The van der Waals surface area contributed by atoms with E-state index in [-0.39, 0.29) is 13.0 Å². The molecule has 6 N–H and O–H groups in total. The van der Waals surface area contributed by atoms with Crippen LogP contribution in [0.25, 0.3) is 0 Å². The molecule has 1 heterocycles. The van der Waals surface area contributed by atoms with Crippen molar-refractivity contribution in [1.82, 2.24) is 5.32 Å². The van der Waals surface area contributed by atoms with Gasteiger partial charge in [-0.2, -0.15) is 0 Å². The molecule has 8 unspecified atom stereocenters. The Bertz CT molecular complexity index is 1390. The van der Waals surface area contributed by atoms with Gasteiger partial charge in [0.2, 0.25) is 5.91 Å². The Morgan fingerprint density at radius 2 is 0.896 bits per heavy atom. The lowest BCUT2D eigenvalue weighted by Gasteiger charge is -2.41. The highest BCUT2D eigenvalue weighted by atomic mass is 16.7. The second kappa shape index (κ2) is 54.5. The van der Waals surface area contributed by atoms with Gasteiger partial charge >= 0.3 is 5.97 Å². The molecule has 0 bridgehead atoms. The van der Waals surface area contributed by atoms with Crippen molar-refractivity contribution in [2.45, 2.75) is 359 Å². The van der Waals surface area contributed by atoms with Gasteiger partial charge in [0.1, 0.15) is 24.4 Å². The average molecular weight is 1090 g/mol. The minimum Gasteiger partial charge on any atom is -0.454 e. The molecular weight excluding hydrogens is 967 g/mol. The molecular formula is C66H123NO10. The smallest absolute Gasteiger partial charge is 0.306 e. The van der Waals surface area contributed by atoms with Gasteiger partial charge in [-0.15, -0.1) is 0 Å². The van der Waals surface area contributed by atoms with Crippen LogP contribution in [0.4, 0.5) is 0 Å². The number of esters is 1. The zero-order valence-electron chi connectivity index (χ0n) is 50.1. The molecule has 0 aromatic carbocycles. The highest BCUT2D eigenvalue weighted by molar-refractivity contribution is 5.80. The summed E-state index contributed by atoms with van der Waals surface area (Å²) in [6.07, 6.45) is 54.7. The van der Waals surface area contributed by atoms with E-state index < -0.39 is 67.4 Å². The number of aliphatic hydroxyl groups excluding tert-OH is 5. The Morgan fingerprint density at radius 3 is 1.35 bits per heavy atom. The fraction of sp³-hybridized carbons (Fsp3) is 0.879. The fourth-order valence-corrected chi connectivity index (χ4v) is 10.3. The molecule has 1 fully saturated rings. The molecule has 0 spiro atoms. The number of ether oxygens (including phenoxy) is 3. The van der Waals surface area contributed by atoms with E-state index in [0.29, 0.717) is 19.3 Å². The molecule has 1 aliphatic rings. The second-order valence-corrected chi connectivity index (χ2v) is 22.9. The average Bonchev–Trinajstić information content (AvgIpc) is 3.43. The van der Waals surface area contributed by atoms with Gasteiger partial charge in [0.15, 0.2) is 12.4 Å². The summed E-state index contributed by atoms with van der Waals surface area (Å²) in [4.78, 5) is 26.6. The lowest BCUT2D eigenvalue weighted by molar-refractivity contribution is -0.305. The first-order valence-corrected chi connectivity index (χ1v) is 32.8. The topological polar surface area (TPSA) is 175 Å². The minimum absolute atomic E-state index is 0.124. The molecule has 11 nitrogen and oxygen atoms in total. The Labute approximate surface area is 473 Å². The third-order valence-electron chi connectivity index (χ3n) is 15.5. The molecule has 77 heavy (non-hydrogen) atoms. The van der Waals surface area contributed by atoms with Crippen molar-refractivity contribution in [3.05, 3.63) is 36.5 Å². The normalized spacial score (nSPS) is 19.2. The maximum atomic E-state index is 13.4. The van der Waals surface area contributed by atoms with Gasteiger partial charge in [-0.25, -0.2) is 0 Å². The molecule has 1 aliphatic heterocycles. The van der Waals surface area contributed by atoms with Crippen molar-refractivity contribution in [3.63, 3.8) is 0 Å². The molecule has 1 rings (SSSR count). The van der Waals surface area contributed by atoms with Crippen molar-refractivity contribution in [3.8, 4) is 0 Å². The Morgan fingerprint density at radius 1 is 0.506 bits per heavy atom. The zero-order chi connectivity index (χ0) is 56.1. The van der Waals surface area contributed by atoms with Crippen LogP contribution in [0.5, 0.6) is 0 Å². The maximum Gasteiger partial charge on any atom is 0.306 e. The van der Waals surface area contributed by atoms with Crippen LogP contribution in [0.15, 0.2) is 36.5 Å². The Balaban J connectivity index is 2.61. The maximum absolute atomic E-state index is 13.4. The molecule has 0 radical (unpaired) electrons. The second-order valence-electron chi connectivity index (χ2n) is 22.9. The SMILES string of the molecule is CCCCC/C=C\C/C=C\CCCCCCCCCCCCCC(=O)OC1C(OCC(NC(=O)C(O)CCCCCCCCCCCCCCCCCC)C(O)/C=C/CCCCCCCCCCC)OC(CO)C(O)C1O. The van der Waals surface area contributed by atoms with E-state index in [0.717, 1.165) is 64.2 Å². The third kappa shape index (κ3) is 42.4. The molecule has 1 saturated heterocycles. The van der Waals surface area contributed by atoms with Crippen LogP contribution >= 0.6 is 0 Å². The predicted molar refractivity (Wildman–Crippen MR) is 320 cm³/mol. The third-order valence-corrected chi connectivity index (χ3v) is 15.5. The summed E-state index contributed by atoms with van der Waals surface area (Å²) in [7, 11) is 0. The first-order chi connectivity index (χ1) is 37.7. The lowest BCUT2D eigenvalue weighted by Crippen LogP contribution is -2.61. The Kier molecular flexibility index (Phi) is 51.6. The van der Waals surface area contributed by atoms with E-state index in [9.17, 15) is 35.1 Å². The summed E-state index contributed by atoms with van der Waals surface area (Å²) < 4.78 is 17.6. The molecule has 1 amide bonds. The van der Waals surface area contributed by atoms with Gasteiger partial charge in [-0.1, -0.05) is 282 Å². The van der Waals surface area contributed by atoms with Crippen LogP contribution in [0.3, 0.4) is 0 Å². The minimum atomic E-state index is -1.61. The van der Waals surface area contributed by atoms with E-state index in [1.807, 2.05) is 6.08 Å². The molecule has 0 saturated carbocycles. The number of hydrogen-bond acceptors (Lipinski definition) is 10. The molecule has 0 aliphatic carbocycles. The highest BCUT2D eigenvalue weighted by Gasteiger charge is 2.47. The van der Waals surface area contributed by atoms with Gasteiger partial charge in [0, 0.05) is 6.42 Å². The van der Waals surface area contributed by atoms with Crippen LogP contribution in [0.1, 0.15) is 310 Å². The van der Waals surface area contributed by atoms with Crippen molar-refractivity contribution in [2.24, 2.45) is 0 Å². The summed E-state index contributed by atoms with van der Waals surface area (Å²) in [6, 6.07) is -1.02. The molecule has 11 heteroatoms. The molecule has 0 aromatic rings. The number of carbonyl (C=O) groups excluding carboxylic acids is 2. The molecule has 0 aromatic heterocycles. The largest absolute Gasteiger partial charge is 0.454 e. The van der Waals surface area contributed by atoms with Crippen LogP contribution in [-0.4, -0.2) is 99.6 Å². The quantitative estimate of drug-likeness (QED) is 0.0195. The van der Waals surface area contributed by atoms with Crippen LogP contribution in [-0.2, 0) is 23.8 Å². The summed E-state index contributed by atoms with van der Waals surface area (Å²) in [5.74, 6) is -1.18. The molecule has 8 atom stereocenters. The monoisotopic (exact) mass is 1090 g/mol. The number of carbonyl (C=O) groups is 2. The van der Waals surface area contributed by atoms with Crippen LogP contribution in [0, 0.1) is 0 Å². The van der Waals surface area contributed by atoms with Gasteiger partial charge in [-0.05, 0) is 57.8 Å². The zero-order valence-corrected chi connectivity index (χ0v) is 50.1. The number of rotatable bonds is 56. The number of nitrogens with one attached hydrogen (secondary N) is 1. The number of aliphatic hydroxyl groups is 5. The van der Waals surface area contributed by atoms with Gasteiger partial charge in [0.25, 0.3) is 0 Å². The van der Waals surface area contributed by atoms with Crippen molar-refractivity contribution < 1.29 is 49.3 Å². The number of hydrogen-bond donors (Lipinski definition) is 6.